The Morgan fingerprint density at radius 2 is 1.92 bits per heavy atom. The molecule has 0 radical (unpaired) electrons. The molecule has 1 aliphatic carbocycles. The van der Waals surface area contributed by atoms with Crippen molar-refractivity contribution in [3.05, 3.63) is 58.6 Å². The first kappa shape index (κ1) is 17.9. The maximum Gasteiger partial charge on any atom is 0.135 e. The lowest BCUT2D eigenvalue weighted by Gasteiger charge is -2.40. The summed E-state index contributed by atoms with van der Waals surface area (Å²) >= 11 is 3.59. The van der Waals surface area contributed by atoms with E-state index in [1.807, 2.05) is 6.92 Å². The first-order chi connectivity index (χ1) is 12.7. The first-order valence-corrected chi connectivity index (χ1v) is 10.7. The molecule has 3 heteroatoms. The van der Waals surface area contributed by atoms with Crippen molar-refractivity contribution in [3.8, 4) is 5.75 Å². The van der Waals surface area contributed by atoms with Gasteiger partial charge in [-0.1, -0.05) is 30.3 Å². The molecule has 0 aromatic heterocycles. The van der Waals surface area contributed by atoms with Gasteiger partial charge in [-0.2, -0.15) is 0 Å². The molecule has 4 atom stereocenters. The van der Waals surface area contributed by atoms with Gasteiger partial charge >= 0.3 is 0 Å². The number of hydrogen-bond donors (Lipinski definition) is 0. The van der Waals surface area contributed by atoms with Gasteiger partial charge in [0, 0.05) is 24.3 Å². The maximum atomic E-state index is 5.76. The molecule has 4 unspecified atom stereocenters. The van der Waals surface area contributed by atoms with Gasteiger partial charge in [-0.15, -0.1) is 0 Å². The summed E-state index contributed by atoms with van der Waals surface area (Å²) in [6, 6.07) is 18.2. The van der Waals surface area contributed by atoms with Crippen molar-refractivity contribution in [3.63, 3.8) is 0 Å². The number of rotatable bonds is 5. The second-order valence-corrected chi connectivity index (χ2v) is 8.65. The highest BCUT2D eigenvalue weighted by Gasteiger charge is 2.45. The highest BCUT2D eigenvalue weighted by Crippen LogP contribution is 2.55. The minimum atomic E-state index is 0.585. The Bertz CT molecular complexity index is 747. The third-order valence-electron chi connectivity index (χ3n) is 6.14. The molecule has 0 spiro atoms. The van der Waals surface area contributed by atoms with E-state index >= 15 is 0 Å². The SMILES string of the molecule is CCOc1cc(N2CCC(C3CC3c3ccccc3)CC2C)ccc1Br. The van der Waals surface area contributed by atoms with Crippen molar-refractivity contribution in [1.82, 2.24) is 0 Å². The molecule has 1 heterocycles. The summed E-state index contributed by atoms with van der Waals surface area (Å²) in [4.78, 5) is 2.56. The monoisotopic (exact) mass is 413 g/mol. The molecule has 0 N–H and O–H groups in total. The Morgan fingerprint density at radius 1 is 1.12 bits per heavy atom. The van der Waals surface area contributed by atoms with E-state index in [2.05, 4.69) is 76.3 Å². The van der Waals surface area contributed by atoms with E-state index in [9.17, 15) is 0 Å². The molecule has 138 valence electrons. The topological polar surface area (TPSA) is 12.5 Å². The number of hydrogen-bond acceptors (Lipinski definition) is 2. The van der Waals surface area contributed by atoms with Crippen LogP contribution in [0.25, 0.3) is 0 Å². The molecule has 2 fully saturated rings. The summed E-state index contributed by atoms with van der Waals surface area (Å²) in [5.74, 6) is 3.52. The van der Waals surface area contributed by atoms with Gasteiger partial charge in [0.2, 0.25) is 0 Å². The van der Waals surface area contributed by atoms with E-state index in [1.165, 1.54) is 24.9 Å². The van der Waals surface area contributed by atoms with Crippen LogP contribution in [0.1, 0.15) is 44.6 Å². The van der Waals surface area contributed by atoms with E-state index < -0.39 is 0 Å². The van der Waals surface area contributed by atoms with Crippen molar-refractivity contribution in [1.29, 1.82) is 0 Å². The van der Waals surface area contributed by atoms with E-state index in [1.54, 1.807) is 5.56 Å². The molecule has 0 amide bonds. The van der Waals surface area contributed by atoms with Crippen molar-refractivity contribution >= 4 is 21.6 Å². The molecule has 26 heavy (non-hydrogen) atoms. The number of anilines is 1. The third kappa shape index (κ3) is 3.64. The number of piperidine rings is 1. The zero-order chi connectivity index (χ0) is 18.1. The lowest BCUT2D eigenvalue weighted by Crippen LogP contribution is -2.41. The lowest BCUT2D eigenvalue weighted by molar-refractivity contribution is 0.314. The average Bonchev–Trinajstić information content (AvgIpc) is 3.45. The molecule has 1 saturated heterocycles. The van der Waals surface area contributed by atoms with E-state index in [0.717, 1.165) is 34.5 Å². The van der Waals surface area contributed by atoms with E-state index in [0.29, 0.717) is 12.6 Å². The molecule has 4 rings (SSSR count). The number of benzene rings is 2. The molecule has 0 bridgehead atoms. The molecular weight excluding hydrogens is 386 g/mol. The molecule has 2 aromatic rings. The first-order valence-electron chi connectivity index (χ1n) is 9.91. The van der Waals surface area contributed by atoms with Crippen LogP contribution in [-0.2, 0) is 0 Å². The van der Waals surface area contributed by atoms with Crippen LogP contribution in [0.15, 0.2) is 53.0 Å². The quantitative estimate of drug-likeness (QED) is 0.573. The smallest absolute Gasteiger partial charge is 0.135 e. The fraction of sp³-hybridized carbons (Fsp3) is 0.478. The molecule has 2 aliphatic rings. The van der Waals surface area contributed by atoms with Gasteiger partial charge in [0.25, 0.3) is 0 Å². The van der Waals surface area contributed by atoms with Gasteiger partial charge in [-0.3, -0.25) is 0 Å². The van der Waals surface area contributed by atoms with Crippen LogP contribution >= 0.6 is 15.9 Å². The van der Waals surface area contributed by atoms with Crippen molar-refractivity contribution in [2.24, 2.45) is 11.8 Å². The van der Waals surface area contributed by atoms with Crippen LogP contribution in [0.3, 0.4) is 0 Å². The summed E-state index contributed by atoms with van der Waals surface area (Å²) in [7, 11) is 0. The zero-order valence-electron chi connectivity index (χ0n) is 15.7. The van der Waals surface area contributed by atoms with Crippen LogP contribution in [0.4, 0.5) is 5.69 Å². The Hall–Kier alpha value is -1.48. The molecule has 2 aromatic carbocycles. The summed E-state index contributed by atoms with van der Waals surface area (Å²) in [6.07, 6.45) is 3.99. The van der Waals surface area contributed by atoms with Gasteiger partial charge in [0.1, 0.15) is 5.75 Å². The van der Waals surface area contributed by atoms with Gasteiger partial charge < -0.3 is 9.64 Å². The highest BCUT2D eigenvalue weighted by atomic mass is 79.9. The fourth-order valence-electron chi connectivity index (χ4n) is 4.74. The highest BCUT2D eigenvalue weighted by molar-refractivity contribution is 9.10. The number of nitrogens with zero attached hydrogens (tertiary/aromatic N) is 1. The van der Waals surface area contributed by atoms with Crippen LogP contribution in [0, 0.1) is 11.8 Å². The average molecular weight is 414 g/mol. The van der Waals surface area contributed by atoms with E-state index in [4.69, 9.17) is 4.74 Å². The predicted molar refractivity (Wildman–Crippen MR) is 112 cm³/mol. The van der Waals surface area contributed by atoms with Crippen LogP contribution in [-0.4, -0.2) is 19.2 Å². The van der Waals surface area contributed by atoms with Crippen LogP contribution in [0.5, 0.6) is 5.75 Å². The number of halogens is 1. The molecule has 1 aliphatic heterocycles. The standard InChI is InChI=1S/C23H28BrNO/c1-3-26-23-14-19(9-10-22(23)24)25-12-11-18(13-16(25)2)21-15-20(21)17-7-5-4-6-8-17/h4-10,14,16,18,20-21H,3,11-13,15H2,1-2H3. The predicted octanol–water partition coefficient (Wildman–Crippen LogP) is 6.26. The fourth-order valence-corrected chi connectivity index (χ4v) is 5.10. The molecular formula is C23H28BrNO. The summed E-state index contributed by atoms with van der Waals surface area (Å²) in [6.45, 7) is 6.26. The summed E-state index contributed by atoms with van der Waals surface area (Å²) in [5, 5.41) is 0. The van der Waals surface area contributed by atoms with Crippen molar-refractivity contribution in [2.45, 2.75) is 45.1 Å². The van der Waals surface area contributed by atoms with Gasteiger partial charge in [0.15, 0.2) is 0 Å². The second kappa shape index (κ2) is 7.64. The zero-order valence-corrected chi connectivity index (χ0v) is 17.3. The lowest BCUT2D eigenvalue weighted by atomic mass is 9.86. The largest absolute Gasteiger partial charge is 0.493 e. The van der Waals surface area contributed by atoms with Gasteiger partial charge in [-0.05, 0) is 84.5 Å². The van der Waals surface area contributed by atoms with Gasteiger partial charge in [0.05, 0.1) is 11.1 Å². The molecule has 1 saturated carbocycles. The Kier molecular flexibility index (Phi) is 5.26. The number of ether oxygens (including phenoxy) is 1. The second-order valence-electron chi connectivity index (χ2n) is 7.79. The summed E-state index contributed by atoms with van der Waals surface area (Å²) in [5.41, 5.74) is 2.83. The normalized spacial score (nSPS) is 28.0. The van der Waals surface area contributed by atoms with E-state index in [-0.39, 0.29) is 0 Å². The molecule has 2 nitrogen and oxygen atoms in total. The summed E-state index contributed by atoms with van der Waals surface area (Å²) < 4.78 is 6.80. The Labute approximate surface area is 165 Å². The third-order valence-corrected chi connectivity index (χ3v) is 6.79. The van der Waals surface area contributed by atoms with Gasteiger partial charge in [-0.25, -0.2) is 0 Å². The Balaban J connectivity index is 1.41. The minimum Gasteiger partial charge on any atom is -0.493 e. The maximum absolute atomic E-state index is 5.76. The van der Waals surface area contributed by atoms with Crippen molar-refractivity contribution < 1.29 is 4.74 Å². The van der Waals surface area contributed by atoms with Crippen molar-refractivity contribution in [2.75, 3.05) is 18.1 Å². The van der Waals surface area contributed by atoms with Crippen LogP contribution in [0.2, 0.25) is 0 Å². The Morgan fingerprint density at radius 3 is 2.65 bits per heavy atom. The van der Waals surface area contributed by atoms with Crippen LogP contribution < -0.4 is 9.64 Å². The minimum absolute atomic E-state index is 0.585.